The van der Waals surface area contributed by atoms with Crippen LogP contribution >= 0.6 is 0 Å². The van der Waals surface area contributed by atoms with Crippen LogP contribution in [0, 0.1) is 20.8 Å². The second kappa shape index (κ2) is 8.19. The molecule has 1 N–H and O–H groups in total. The van der Waals surface area contributed by atoms with Crippen molar-refractivity contribution in [3.8, 4) is 5.75 Å². The molecule has 2 aromatic rings. The molecule has 0 aliphatic rings. The molecule has 0 saturated heterocycles. The number of hydrogen-bond acceptors (Lipinski definition) is 2. The summed E-state index contributed by atoms with van der Waals surface area (Å²) in [5, 5.41) is 3.03. The number of carbonyl (C=O) groups is 1. The van der Waals surface area contributed by atoms with Gasteiger partial charge in [-0.2, -0.15) is 0 Å². The van der Waals surface area contributed by atoms with Gasteiger partial charge < -0.3 is 10.1 Å². The smallest absolute Gasteiger partial charge is 0.258 e. The second-order valence-electron chi connectivity index (χ2n) is 7.13. The number of nitrogens with one attached hydrogen (secondary N) is 1. The molecule has 134 valence electrons. The van der Waals surface area contributed by atoms with Gasteiger partial charge in [0, 0.05) is 0 Å². The summed E-state index contributed by atoms with van der Waals surface area (Å²) in [5.74, 6) is 1.04. The summed E-state index contributed by atoms with van der Waals surface area (Å²) in [5.41, 5.74) is 5.77. The highest BCUT2D eigenvalue weighted by Crippen LogP contribution is 2.27. The molecule has 2 aromatic carbocycles. The van der Waals surface area contributed by atoms with Crippen LogP contribution in [0.1, 0.15) is 60.5 Å². The Hall–Kier alpha value is -2.29. The number of carbonyl (C=O) groups excluding carboxylic acids is 1. The van der Waals surface area contributed by atoms with Crippen LogP contribution in [0.25, 0.3) is 0 Å². The van der Waals surface area contributed by atoms with Crippen molar-refractivity contribution in [2.75, 3.05) is 6.61 Å². The fraction of sp³-hybridized carbons (Fsp3) is 0.409. The van der Waals surface area contributed by atoms with Crippen molar-refractivity contribution >= 4 is 5.91 Å². The first-order valence-electron chi connectivity index (χ1n) is 8.87. The Morgan fingerprint density at radius 1 is 0.960 bits per heavy atom. The lowest BCUT2D eigenvalue weighted by Gasteiger charge is -2.19. The van der Waals surface area contributed by atoms with Gasteiger partial charge in [-0.1, -0.05) is 49.7 Å². The number of benzene rings is 2. The first kappa shape index (κ1) is 19.0. The highest BCUT2D eigenvalue weighted by atomic mass is 16.5. The van der Waals surface area contributed by atoms with Gasteiger partial charge in [-0.05, 0) is 61.9 Å². The summed E-state index contributed by atoms with van der Waals surface area (Å²) >= 11 is 0. The summed E-state index contributed by atoms with van der Waals surface area (Å²) < 4.78 is 5.82. The molecule has 1 atom stereocenters. The largest absolute Gasteiger partial charge is 0.483 e. The fourth-order valence-corrected chi connectivity index (χ4v) is 2.97. The highest BCUT2D eigenvalue weighted by molar-refractivity contribution is 5.78. The molecule has 3 heteroatoms. The van der Waals surface area contributed by atoms with Gasteiger partial charge in [0.15, 0.2) is 6.61 Å². The van der Waals surface area contributed by atoms with Crippen LogP contribution < -0.4 is 10.1 Å². The van der Waals surface area contributed by atoms with Crippen LogP contribution in [0.3, 0.4) is 0 Å². The Bertz CT molecular complexity index is 750. The van der Waals surface area contributed by atoms with Crippen molar-refractivity contribution in [1.82, 2.24) is 5.32 Å². The van der Waals surface area contributed by atoms with Gasteiger partial charge in [0.05, 0.1) is 6.04 Å². The van der Waals surface area contributed by atoms with Crippen LogP contribution in [-0.2, 0) is 4.79 Å². The van der Waals surface area contributed by atoms with E-state index in [9.17, 15) is 4.79 Å². The number of ether oxygens (including phenoxy) is 1. The predicted molar refractivity (Wildman–Crippen MR) is 103 cm³/mol. The van der Waals surface area contributed by atoms with Crippen molar-refractivity contribution < 1.29 is 9.53 Å². The van der Waals surface area contributed by atoms with Crippen molar-refractivity contribution in [1.29, 1.82) is 0 Å². The van der Waals surface area contributed by atoms with E-state index in [4.69, 9.17) is 4.74 Å². The fourth-order valence-electron chi connectivity index (χ4n) is 2.97. The molecule has 0 fully saturated rings. The van der Waals surface area contributed by atoms with E-state index >= 15 is 0 Å². The highest BCUT2D eigenvalue weighted by Gasteiger charge is 2.14. The lowest BCUT2D eigenvalue weighted by molar-refractivity contribution is -0.123. The summed E-state index contributed by atoms with van der Waals surface area (Å²) in [6.45, 7) is 12.4. The Morgan fingerprint density at radius 2 is 1.60 bits per heavy atom. The van der Waals surface area contributed by atoms with Gasteiger partial charge >= 0.3 is 0 Å². The van der Waals surface area contributed by atoms with E-state index in [1.807, 2.05) is 19.9 Å². The lowest BCUT2D eigenvalue weighted by atomic mass is 10.00. The van der Waals surface area contributed by atoms with E-state index in [0.29, 0.717) is 5.92 Å². The topological polar surface area (TPSA) is 38.3 Å². The Labute approximate surface area is 151 Å². The van der Waals surface area contributed by atoms with E-state index < -0.39 is 0 Å². The molecule has 0 radical (unpaired) electrons. The molecular weight excluding hydrogens is 310 g/mol. The van der Waals surface area contributed by atoms with Crippen LogP contribution in [0.15, 0.2) is 36.4 Å². The molecule has 25 heavy (non-hydrogen) atoms. The minimum atomic E-state index is -0.107. The average Bonchev–Trinajstić information content (AvgIpc) is 2.54. The molecule has 0 aliphatic heterocycles. The maximum absolute atomic E-state index is 12.3. The van der Waals surface area contributed by atoms with Crippen molar-refractivity contribution in [2.45, 2.75) is 53.5 Å². The molecule has 3 nitrogen and oxygen atoms in total. The third-order valence-corrected chi connectivity index (χ3v) is 4.43. The molecule has 0 aliphatic carbocycles. The second-order valence-corrected chi connectivity index (χ2v) is 7.13. The van der Waals surface area contributed by atoms with E-state index in [1.54, 1.807) is 0 Å². The molecule has 0 saturated carbocycles. The van der Waals surface area contributed by atoms with Gasteiger partial charge in [0.2, 0.25) is 0 Å². The van der Waals surface area contributed by atoms with E-state index in [2.05, 4.69) is 63.3 Å². The van der Waals surface area contributed by atoms with Crippen molar-refractivity contribution in [2.24, 2.45) is 0 Å². The van der Waals surface area contributed by atoms with Crippen LogP contribution in [0.5, 0.6) is 5.75 Å². The Balaban J connectivity index is 2.01. The maximum Gasteiger partial charge on any atom is 0.258 e. The van der Waals surface area contributed by atoms with Gasteiger partial charge in [-0.3, -0.25) is 4.79 Å². The van der Waals surface area contributed by atoms with Crippen LogP contribution in [0.4, 0.5) is 0 Å². The molecule has 2 rings (SSSR count). The molecule has 0 unspecified atom stereocenters. The van der Waals surface area contributed by atoms with Crippen molar-refractivity contribution in [3.05, 3.63) is 64.2 Å². The zero-order valence-corrected chi connectivity index (χ0v) is 16.1. The maximum atomic E-state index is 12.3. The molecule has 1 amide bonds. The summed E-state index contributed by atoms with van der Waals surface area (Å²) in [6, 6.07) is 12.4. The van der Waals surface area contributed by atoms with Gasteiger partial charge in [-0.15, -0.1) is 0 Å². The summed E-state index contributed by atoms with van der Waals surface area (Å²) in [4.78, 5) is 12.3. The zero-order valence-electron chi connectivity index (χ0n) is 16.1. The van der Waals surface area contributed by atoms with Crippen molar-refractivity contribution in [3.63, 3.8) is 0 Å². The minimum Gasteiger partial charge on any atom is -0.483 e. The zero-order chi connectivity index (χ0) is 18.6. The molecular formula is C22H29NO2. The third kappa shape index (κ3) is 5.09. The first-order valence-corrected chi connectivity index (χ1v) is 8.87. The predicted octanol–water partition coefficient (Wildman–Crippen LogP) is 4.99. The Morgan fingerprint density at radius 3 is 2.28 bits per heavy atom. The number of aryl methyl sites for hydroxylation is 3. The van der Waals surface area contributed by atoms with Crippen LogP contribution in [-0.4, -0.2) is 12.5 Å². The lowest BCUT2D eigenvalue weighted by Crippen LogP contribution is -2.31. The molecule has 0 aromatic heterocycles. The van der Waals surface area contributed by atoms with E-state index in [0.717, 1.165) is 22.4 Å². The van der Waals surface area contributed by atoms with Gasteiger partial charge in [0.25, 0.3) is 5.91 Å². The average molecular weight is 339 g/mol. The quantitative estimate of drug-likeness (QED) is 0.805. The summed E-state index contributed by atoms with van der Waals surface area (Å²) in [7, 11) is 0. The first-order chi connectivity index (χ1) is 11.8. The molecule has 0 bridgehead atoms. The third-order valence-electron chi connectivity index (χ3n) is 4.43. The normalized spacial score (nSPS) is 12.1. The standard InChI is InChI=1S/C22H29NO2/c1-14(2)19-10-8-16(4)12-21(19)25-13-22(24)23-18(6)20-11-15(3)7-9-17(20)5/h7-12,14,18H,13H2,1-6H3,(H,23,24)/t18-/m1/s1. The van der Waals surface area contributed by atoms with Gasteiger partial charge in [0.1, 0.15) is 5.75 Å². The van der Waals surface area contributed by atoms with Gasteiger partial charge in [-0.25, -0.2) is 0 Å². The SMILES string of the molecule is Cc1ccc(C(C)C)c(OCC(=O)N[C@H](C)c2cc(C)ccc2C)c1. The van der Waals surface area contributed by atoms with Crippen LogP contribution in [0.2, 0.25) is 0 Å². The monoisotopic (exact) mass is 339 g/mol. The summed E-state index contributed by atoms with van der Waals surface area (Å²) in [6.07, 6.45) is 0. The Kier molecular flexibility index (Phi) is 6.24. The van der Waals surface area contributed by atoms with E-state index in [-0.39, 0.29) is 18.6 Å². The number of hydrogen-bond donors (Lipinski definition) is 1. The molecule has 0 heterocycles. The minimum absolute atomic E-state index is 0.0262. The number of rotatable bonds is 6. The molecule has 0 spiro atoms. The number of amides is 1. The van der Waals surface area contributed by atoms with E-state index in [1.165, 1.54) is 11.1 Å².